The molecule has 7 nitrogen and oxygen atoms in total. The number of nitrogens with zero attached hydrogens (tertiary/aromatic N) is 2. The highest BCUT2D eigenvalue weighted by Gasteiger charge is 2.33. The van der Waals surface area contributed by atoms with E-state index in [4.69, 9.17) is 21.2 Å². The third-order valence-corrected chi connectivity index (χ3v) is 5.55. The van der Waals surface area contributed by atoms with Gasteiger partial charge in [0.1, 0.15) is 18.1 Å². The number of aliphatic hydroxyl groups excluding tert-OH is 1. The Morgan fingerprint density at radius 3 is 2.80 bits per heavy atom. The Bertz CT molecular complexity index is 880. The predicted octanol–water partition coefficient (Wildman–Crippen LogP) is 4.10. The molecule has 8 heteroatoms. The second-order valence-electron chi connectivity index (χ2n) is 7.26. The minimum atomic E-state index is -0.191. The average molecular weight is 435 g/mol. The topological polar surface area (TPSA) is 88.4 Å². The van der Waals surface area contributed by atoms with Gasteiger partial charge in [-0.15, -0.1) is 11.6 Å². The number of fused-ring (bicyclic) bond motifs is 1. The Balaban J connectivity index is 1.88. The molecule has 1 unspecified atom stereocenters. The molecule has 1 amide bonds. The largest absolute Gasteiger partial charge is 0.511 e. The molecule has 0 spiro atoms. The van der Waals surface area contributed by atoms with Crippen LogP contribution in [0.1, 0.15) is 51.0 Å². The van der Waals surface area contributed by atoms with E-state index in [0.717, 1.165) is 5.56 Å². The number of aliphatic hydroxyl groups is 1. The summed E-state index contributed by atoms with van der Waals surface area (Å²) in [5.74, 6) is 0.653. The minimum Gasteiger partial charge on any atom is -0.511 e. The second-order valence-corrected chi connectivity index (χ2v) is 7.64. The average Bonchev–Trinajstić information content (AvgIpc) is 2.74. The van der Waals surface area contributed by atoms with Crippen molar-refractivity contribution in [2.45, 2.75) is 45.4 Å². The van der Waals surface area contributed by atoms with Crippen molar-refractivity contribution in [2.24, 2.45) is 5.16 Å². The molecule has 1 heterocycles. The van der Waals surface area contributed by atoms with Crippen molar-refractivity contribution in [3.63, 3.8) is 0 Å². The first kappa shape index (κ1) is 22.2. The maximum atomic E-state index is 12.8. The van der Waals surface area contributed by atoms with Crippen LogP contribution in [-0.2, 0) is 14.4 Å². The lowest BCUT2D eigenvalue weighted by Crippen LogP contribution is -2.39. The fourth-order valence-corrected chi connectivity index (χ4v) is 3.94. The fourth-order valence-electron chi connectivity index (χ4n) is 3.82. The van der Waals surface area contributed by atoms with Crippen molar-refractivity contribution in [2.75, 3.05) is 30.5 Å². The van der Waals surface area contributed by atoms with E-state index in [2.05, 4.69) is 5.16 Å². The van der Waals surface area contributed by atoms with E-state index < -0.39 is 0 Å². The van der Waals surface area contributed by atoms with Gasteiger partial charge in [0.15, 0.2) is 12.4 Å². The zero-order valence-electron chi connectivity index (χ0n) is 17.3. The van der Waals surface area contributed by atoms with Gasteiger partial charge in [-0.05, 0) is 43.4 Å². The van der Waals surface area contributed by atoms with Gasteiger partial charge in [0.05, 0.1) is 17.0 Å². The number of hydrogen-bond acceptors (Lipinski definition) is 6. The van der Waals surface area contributed by atoms with Gasteiger partial charge >= 0.3 is 0 Å². The summed E-state index contributed by atoms with van der Waals surface area (Å²) >= 11 is 5.81. The molecule has 0 saturated heterocycles. The number of rotatable bonds is 8. The van der Waals surface area contributed by atoms with Crippen molar-refractivity contribution >= 4 is 34.7 Å². The van der Waals surface area contributed by atoms with Crippen LogP contribution in [0.2, 0.25) is 0 Å². The first-order valence-corrected chi connectivity index (χ1v) is 10.8. The molecule has 0 aromatic heterocycles. The zero-order chi connectivity index (χ0) is 21.7. The first-order chi connectivity index (χ1) is 14.5. The van der Waals surface area contributed by atoms with Gasteiger partial charge in [0.25, 0.3) is 5.91 Å². The van der Waals surface area contributed by atoms with E-state index in [1.165, 1.54) is 0 Å². The van der Waals surface area contributed by atoms with Crippen molar-refractivity contribution < 1.29 is 24.3 Å². The van der Waals surface area contributed by atoms with Crippen LogP contribution >= 0.6 is 11.6 Å². The van der Waals surface area contributed by atoms with Crippen LogP contribution in [-0.4, -0.2) is 48.1 Å². The third kappa shape index (κ3) is 4.61. The summed E-state index contributed by atoms with van der Waals surface area (Å²) in [6, 6.07) is 5.59. The summed E-state index contributed by atoms with van der Waals surface area (Å²) in [6.45, 7) is 4.58. The van der Waals surface area contributed by atoms with Gasteiger partial charge in [0.2, 0.25) is 0 Å². The molecule has 1 aliphatic carbocycles. The highest BCUT2D eigenvalue weighted by molar-refractivity contribution is 6.23. The Morgan fingerprint density at radius 1 is 1.33 bits per heavy atom. The highest BCUT2D eigenvalue weighted by atomic mass is 35.5. The van der Waals surface area contributed by atoms with Gasteiger partial charge in [-0.3, -0.25) is 9.59 Å². The number of ketones is 1. The van der Waals surface area contributed by atoms with E-state index >= 15 is 0 Å². The molecule has 1 atom stereocenters. The number of oxime groups is 1. The van der Waals surface area contributed by atoms with Crippen LogP contribution < -0.4 is 9.64 Å². The quantitative estimate of drug-likeness (QED) is 0.378. The predicted molar refractivity (Wildman–Crippen MR) is 116 cm³/mol. The highest BCUT2D eigenvalue weighted by Crippen LogP contribution is 2.40. The monoisotopic (exact) mass is 434 g/mol. The molecule has 0 saturated carbocycles. The molecule has 3 rings (SSSR count). The Morgan fingerprint density at radius 2 is 2.13 bits per heavy atom. The van der Waals surface area contributed by atoms with E-state index in [1.54, 1.807) is 4.90 Å². The van der Waals surface area contributed by atoms with Gasteiger partial charge in [0, 0.05) is 25.3 Å². The van der Waals surface area contributed by atoms with E-state index in [9.17, 15) is 14.7 Å². The summed E-state index contributed by atoms with van der Waals surface area (Å²) in [6.07, 6.45) is 1.73. The molecular weight excluding hydrogens is 408 g/mol. The lowest BCUT2D eigenvalue weighted by Gasteiger charge is -2.31. The maximum absolute atomic E-state index is 12.8. The molecule has 30 heavy (non-hydrogen) atoms. The molecule has 1 aromatic rings. The van der Waals surface area contributed by atoms with Gasteiger partial charge in [-0.2, -0.15) is 0 Å². The number of carbonyl (C=O) groups excluding carboxylic acids is 2. The number of ether oxygens (including phenoxy) is 1. The number of anilines is 1. The summed E-state index contributed by atoms with van der Waals surface area (Å²) in [4.78, 5) is 31.9. The number of benzene rings is 1. The van der Waals surface area contributed by atoms with Crippen molar-refractivity contribution in [1.82, 2.24) is 0 Å². The van der Waals surface area contributed by atoms with Crippen LogP contribution in [0, 0.1) is 0 Å². The molecule has 0 radical (unpaired) electrons. The molecular formula is C22H27ClN2O5. The molecule has 2 aliphatic rings. The number of Topliss-reactive ketones (excluding diaryl/α,β-unsaturated/α-hetero) is 1. The van der Waals surface area contributed by atoms with E-state index in [1.807, 2.05) is 32.0 Å². The minimum absolute atomic E-state index is 0.00237. The van der Waals surface area contributed by atoms with Crippen molar-refractivity contribution in [3.8, 4) is 5.75 Å². The molecule has 0 fully saturated rings. The maximum Gasteiger partial charge on any atom is 0.265 e. The number of alkyl halides is 1. The molecule has 1 aliphatic heterocycles. The van der Waals surface area contributed by atoms with Crippen LogP contribution in [0.25, 0.3) is 0 Å². The summed E-state index contributed by atoms with van der Waals surface area (Å²) in [7, 11) is 0. The lowest BCUT2D eigenvalue weighted by atomic mass is 9.80. The summed E-state index contributed by atoms with van der Waals surface area (Å²) in [5, 5.41) is 14.6. The Labute approximate surface area is 181 Å². The van der Waals surface area contributed by atoms with Crippen LogP contribution in [0.3, 0.4) is 0 Å². The smallest absolute Gasteiger partial charge is 0.265 e. The zero-order valence-corrected chi connectivity index (χ0v) is 18.1. The summed E-state index contributed by atoms with van der Waals surface area (Å²) in [5.41, 5.74) is 2.29. The first-order valence-electron chi connectivity index (χ1n) is 10.3. The third-order valence-electron chi connectivity index (χ3n) is 5.28. The number of hydrogen-bond donors (Lipinski definition) is 1. The second kappa shape index (κ2) is 9.98. The summed E-state index contributed by atoms with van der Waals surface area (Å²) < 4.78 is 5.55. The van der Waals surface area contributed by atoms with Gasteiger partial charge < -0.3 is 19.6 Å². The Kier molecular flexibility index (Phi) is 7.37. The number of allylic oxidation sites excluding steroid dienone is 2. The normalized spacial score (nSPS) is 19.6. The van der Waals surface area contributed by atoms with Crippen LogP contribution in [0.5, 0.6) is 5.75 Å². The molecule has 1 N–H and O–H groups in total. The number of halogens is 1. The standard InChI is InChI=1S/C22H27ClN2O5/c1-3-16(24-30-4-2)22-18(26)11-15(12-19(22)27)14-6-7-20-17(10-14)25(9-5-8-23)21(28)13-29-20/h6-7,10,15,26H,3-5,8-9,11-13H2,1-2H3. The lowest BCUT2D eigenvalue weighted by molar-refractivity contribution is -0.121. The Hall–Kier alpha value is -2.54. The SMILES string of the molecule is CCON=C(CC)C1=C(O)CC(c2ccc3c(c2)N(CCCCl)C(=O)CO3)CC1=O. The van der Waals surface area contributed by atoms with Gasteiger partial charge in [-0.25, -0.2) is 0 Å². The van der Waals surface area contributed by atoms with E-state index in [-0.39, 0.29) is 42.0 Å². The molecule has 0 bridgehead atoms. The van der Waals surface area contributed by atoms with Gasteiger partial charge in [-0.1, -0.05) is 18.1 Å². The fraction of sp³-hybridized carbons (Fsp3) is 0.500. The van der Waals surface area contributed by atoms with Crippen molar-refractivity contribution in [3.05, 3.63) is 35.1 Å². The molecule has 162 valence electrons. The van der Waals surface area contributed by atoms with E-state index in [0.29, 0.717) is 55.4 Å². The number of amides is 1. The van der Waals surface area contributed by atoms with Crippen LogP contribution in [0.4, 0.5) is 5.69 Å². The molecule has 1 aromatic carbocycles. The number of carbonyl (C=O) groups is 2. The van der Waals surface area contributed by atoms with Crippen molar-refractivity contribution in [1.29, 1.82) is 0 Å². The van der Waals surface area contributed by atoms with Crippen LogP contribution in [0.15, 0.2) is 34.7 Å².